The highest BCUT2D eigenvalue weighted by molar-refractivity contribution is 5.99. The van der Waals surface area contributed by atoms with E-state index in [2.05, 4.69) is 4.90 Å². The summed E-state index contributed by atoms with van der Waals surface area (Å²) in [6.07, 6.45) is 0. The maximum absolute atomic E-state index is 13.3. The molecular formula is C25H26FN3O2. The van der Waals surface area contributed by atoms with Crippen molar-refractivity contribution in [3.8, 4) is 5.69 Å². The Morgan fingerprint density at radius 2 is 1.55 bits per heavy atom. The van der Waals surface area contributed by atoms with E-state index in [1.807, 2.05) is 59.7 Å². The summed E-state index contributed by atoms with van der Waals surface area (Å²) in [5.41, 5.74) is 4.01. The molecule has 31 heavy (non-hydrogen) atoms. The van der Waals surface area contributed by atoms with E-state index < -0.39 is 0 Å². The number of Topliss-reactive ketones (excluding diaryl/α,β-unsaturated/α-hetero) is 1. The number of hydrogen-bond acceptors (Lipinski definition) is 3. The van der Waals surface area contributed by atoms with Crippen molar-refractivity contribution < 1.29 is 14.0 Å². The third-order valence-electron chi connectivity index (χ3n) is 5.86. The molecule has 1 amide bonds. The lowest BCUT2D eigenvalue weighted by atomic mass is 10.1. The molecule has 0 unspecified atom stereocenters. The van der Waals surface area contributed by atoms with Crippen molar-refractivity contribution in [1.29, 1.82) is 0 Å². The largest absolute Gasteiger partial charge is 0.336 e. The van der Waals surface area contributed by atoms with Gasteiger partial charge in [-0.2, -0.15) is 0 Å². The lowest BCUT2D eigenvalue weighted by Crippen LogP contribution is -2.49. The molecule has 1 fully saturated rings. The molecule has 0 N–H and O–H groups in total. The fourth-order valence-corrected chi connectivity index (χ4v) is 4.19. The lowest BCUT2D eigenvalue weighted by Gasteiger charge is -2.34. The summed E-state index contributed by atoms with van der Waals surface area (Å²) in [5.74, 6) is -0.189. The summed E-state index contributed by atoms with van der Waals surface area (Å²) in [6, 6.07) is 17.5. The van der Waals surface area contributed by atoms with Gasteiger partial charge in [0.15, 0.2) is 5.78 Å². The molecule has 5 nitrogen and oxygen atoms in total. The number of carbonyl (C=O) groups is 2. The first kappa shape index (κ1) is 21.0. The second-order valence-corrected chi connectivity index (χ2v) is 7.95. The van der Waals surface area contributed by atoms with Gasteiger partial charge in [-0.3, -0.25) is 14.5 Å². The number of hydrogen-bond donors (Lipinski definition) is 0. The number of piperazine rings is 1. The summed E-state index contributed by atoms with van der Waals surface area (Å²) in [5, 5.41) is 0. The van der Waals surface area contributed by atoms with E-state index in [1.54, 1.807) is 12.1 Å². The predicted octanol–water partition coefficient (Wildman–Crippen LogP) is 3.87. The Kier molecular flexibility index (Phi) is 6.00. The van der Waals surface area contributed by atoms with E-state index in [4.69, 9.17) is 0 Å². The van der Waals surface area contributed by atoms with E-state index in [9.17, 15) is 14.0 Å². The maximum Gasteiger partial charge on any atom is 0.253 e. The maximum atomic E-state index is 13.3. The van der Waals surface area contributed by atoms with Gasteiger partial charge in [0.05, 0.1) is 6.54 Å². The highest BCUT2D eigenvalue weighted by Gasteiger charge is 2.25. The third-order valence-corrected chi connectivity index (χ3v) is 5.86. The van der Waals surface area contributed by atoms with Crippen LogP contribution in [0.5, 0.6) is 0 Å². The normalized spacial score (nSPS) is 14.6. The van der Waals surface area contributed by atoms with E-state index >= 15 is 0 Å². The Bertz CT molecular complexity index is 1080. The molecule has 1 aliphatic heterocycles. The Hall–Kier alpha value is -3.25. The number of carbonyl (C=O) groups excluding carboxylic acids is 2. The van der Waals surface area contributed by atoms with Crippen LogP contribution in [-0.2, 0) is 0 Å². The van der Waals surface area contributed by atoms with Gasteiger partial charge in [-0.1, -0.05) is 18.2 Å². The van der Waals surface area contributed by atoms with Crippen LogP contribution in [0.2, 0.25) is 0 Å². The Morgan fingerprint density at radius 1 is 0.903 bits per heavy atom. The summed E-state index contributed by atoms with van der Waals surface area (Å²) >= 11 is 0. The number of aromatic nitrogens is 1. The summed E-state index contributed by atoms with van der Waals surface area (Å²) < 4.78 is 15.3. The highest BCUT2D eigenvalue weighted by atomic mass is 19.1. The van der Waals surface area contributed by atoms with Crippen LogP contribution in [0.3, 0.4) is 0 Å². The quantitative estimate of drug-likeness (QED) is 0.590. The number of rotatable bonds is 5. The van der Waals surface area contributed by atoms with Gasteiger partial charge in [0, 0.05) is 54.4 Å². The average Bonchev–Trinajstić information content (AvgIpc) is 3.09. The molecule has 3 aromatic rings. The third kappa shape index (κ3) is 4.44. The van der Waals surface area contributed by atoms with Crippen LogP contribution in [0.15, 0.2) is 60.7 Å². The van der Waals surface area contributed by atoms with Gasteiger partial charge < -0.3 is 9.47 Å². The van der Waals surface area contributed by atoms with Crippen LogP contribution in [0.4, 0.5) is 4.39 Å². The number of nitrogens with zero attached hydrogens (tertiary/aromatic N) is 3. The first-order valence-electron chi connectivity index (χ1n) is 10.5. The molecule has 6 heteroatoms. The van der Waals surface area contributed by atoms with Crippen molar-refractivity contribution in [3.05, 3.63) is 89.0 Å². The van der Waals surface area contributed by atoms with E-state index in [0.29, 0.717) is 43.9 Å². The number of ketones is 1. The molecule has 0 bridgehead atoms. The van der Waals surface area contributed by atoms with Crippen molar-refractivity contribution in [2.45, 2.75) is 13.8 Å². The van der Waals surface area contributed by atoms with E-state index in [1.165, 1.54) is 12.1 Å². The minimum Gasteiger partial charge on any atom is -0.336 e. The van der Waals surface area contributed by atoms with E-state index in [0.717, 1.165) is 17.1 Å². The topological polar surface area (TPSA) is 45.6 Å². The molecular weight excluding hydrogens is 393 g/mol. The molecule has 1 aromatic heterocycles. The smallest absolute Gasteiger partial charge is 0.253 e. The van der Waals surface area contributed by atoms with Gasteiger partial charge >= 0.3 is 0 Å². The van der Waals surface area contributed by atoms with Crippen molar-refractivity contribution >= 4 is 11.7 Å². The first-order chi connectivity index (χ1) is 14.9. The zero-order valence-electron chi connectivity index (χ0n) is 17.8. The minimum absolute atomic E-state index is 0.0365. The van der Waals surface area contributed by atoms with Gasteiger partial charge in [-0.25, -0.2) is 4.39 Å². The standard InChI is InChI=1S/C25H26FN3O2/c1-18-16-23(19(2)29(18)22-10-8-21(26)9-11-22)24(30)17-27-12-14-28(15-13-27)25(31)20-6-4-3-5-7-20/h3-11,16H,12-15,17H2,1-2H3. The zero-order valence-corrected chi connectivity index (χ0v) is 17.8. The molecule has 160 valence electrons. The average molecular weight is 420 g/mol. The lowest BCUT2D eigenvalue weighted by molar-refractivity contribution is 0.0624. The SMILES string of the molecule is Cc1cc(C(=O)CN2CCN(C(=O)c3ccccc3)CC2)c(C)n1-c1ccc(F)cc1. The van der Waals surface area contributed by atoms with Crippen molar-refractivity contribution in [2.75, 3.05) is 32.7 Å². The molecule has 0 radical (unpaired) electrons. The Balaban J connectivity index is 1.40. The van der Waals surface area contributed by atoms with Crippen LogP contribution < -0.4 is 0 Å². The van der Waals surface area contributed by atoms with Crippen LogP contribution in [-0.4, -0.2) is 58.8 Å². The van der Waals surface area contributed by atoms with Gasteiger partial charge in [-0.05, 0) is 56.3 Å². The second-order valence-electron chi connectivity index (χ2n) is 7.95. The Morgan fingerprint density at radius 3 is 2.19 bits per heavy atom. The van der Waals surface area contributed by atoms with Gasteiger partial charge in [-0.15, -0.1) is 0 Å². The molecule has 2 aromatic carbocycles. The summed E-state index contributed by atoms with van der Waals surface area (Å²) in [4.78, 5) is 29.6. The van der Waals surface area contributed by atoms with Crippen molar-refractivity contribution in [2.24, 2.45) is 0 Å². The first-order valence-corrected chi connectivity index (χ1v) is 10.5. The number of aryl methyl sites for hydroxylation is 1. The van der Waals surface area contributed by atoms with Gasteiger partial charge in [0.1, 0.15) is 5.82 Å². The molecule has 2 heterocycles. The zero-order chi connectivity index (χ0) is 22.0. The fourth-order valence-electron chi connectivity index (χ4n) is 4.19. The number of halogens is 1. The summed E-state index contributed by atoms with van der Waals surface area (Å²) in [7, 11) is 0. The van der Waals surface area contributed by atoms with E-state index in [-0.39, 0.29) is 17.5 Å². The molecule has 4 rings (SSSR count). The molecule has 0 spiro atoms. The molecule has 0 atom stereocenters. The molecule has 1 saturated heterocycles. The highest BCUT2D eigenvalue weighted by Crippen LogP contribution is 2.22. The summed E-state index contributed by atoms with van der Waals surface area (Å²) in [6.45, 7) is 6.73. The molecule has 1 aliphatic rings. The van der Waals surface area contributed by atoms with Crippen LogP contribution >= 0.6 is 0 Å². The number of benzene rings is 2. The minimum atomic E-state index is -0.285. The predicted molar refractivity (Wildman–Crippen MR) is 118 cm³/mol. The van der Waals surface area contributed by atoms with Crippen LogP contribution in [0, 0.1) is 19.7 Å². The van der Waals surface area contributed by atoms with Crippen LogP contribution in [0.1, 0.15) is 32.1 Å². The van der Waals surface area contributed by atoms with Crippen molar-refractivity contribution in [3.63, 3.8) is 0 Å². The molecule has 0 aliphatic carbocycles. The van der Waals surface area contributed by atoms with Gasteiger partial charge in [0.25, 0.3) is 5.91 Å². The second kappa shape index (κ2) is 8.86. The molecule has 0 saturated carbocycles. The van der Waals surface area contributed by atoms with Crippen LogP contribution in [0.25, 0.3) is 5.69 Å². The van der Waals surface area contributed by atoms with Crippen molar-refractivity contribution in [1.82, 2.24) is 14.4 Å². The Labute approximate surface area is 181 Å². The monoisotopic (exact) mass is 419 g/mol. The fraction of sp³-hybridized carbons (Fsp3) is 0.280. The van der Waals surface area contributed by atoms with Gasteiger partial charge in [0.2, 0.25) is 0 Å². The number of amides is 1.